The molecule has 4 heterocycles. The molecule has 4 aliphatic rings. The fourth-order valence-electron chi connectivity index (χ4n) is 9.68. The number of imide groups is 2. The number of nitro benzene ring substituents is 1. The highest BCUT2D eigenvalue weighted by Gasteiger charge is 2.68. The number of ether oxygens (including phenoxy) is 1. The fourth-order valence-corrected chi connectivity index (χ4v) is 11.0. The lowest BCUT2D eigenvalue weighted by Crippen LogP contribution is -2.49. The highest BCUT2D eigenvalue weighted by Crippen LogP contribution is 2.65. The predicted molar refractivity (Wildman–Crippen MR) is 209 cm³/mol. The van der Waals surface area contributed by atoms with Crippen molar-refractivity contribution in [1.29, 1.82) is 0 Å². The van der Waals surface area contributed by atoms with Crippen molar-refractivity contribution < 1.29 is 33.9 Å². The maximum atomic E-state index is 15.1. The minimum absolute atomic E-state index is 0.0779. The van der Waals surface area contributed by atoms with Gasteiger partial charge in [-0.3, -0.25) is 34.0 Å². The molecule has 284 valence electrons. The number of methoxy groups -OCH3 is 1. The maximum absolute atomic E-state index is 15.1. The number of aromatic hydroxyl groups is 1. The number of anilines is 2. The number of hydrogen-bond acceptors (Lipinski definition) is 10. The Bertz CT molecular complexity index is 2630. The van der Waals surface area contributed by atoms with Gasteiger partial charge in [0, 0.05) is 46.5 Å². The molecule has 15 heteroatoms. The summed E-state index contributed by atoms with van der Waals surface area (Å²) in [6.07, 6.45) is 2.11. The second-order valence-corrected chi connectivity index (χ2v) is 16.6. The number of aromatic nitrogens is 2. The quantitative estimate of drug-likeness (QED) is 0.0803. The van der Waals surface area contributed by atoms with Crippen molar-refractivity contribution in [2.24, 2.45) is 36.1 Å². The largest absolute Gasteiger partial charge is 0.508 e. The number of rotatable bonds is 6. The van der Waals surface area contributed by atoms with Crippen LogP contribution < -0.4 is 14.5 Å². The number of phenolic OH excluding ortho intramolecular Hbond substituents is 1. The number of carbonyl (C=O) groups is 4. The SMILES string of the molecule is COc1ccc(O)c(C2C3=CCC4C(=O)N(c5cccc([N+](=O)[O-])c5)C(=O)C4C3CC3C(=O)N(c4cc(-c5sc6ccc(Cl)cc6c5C)nn4C)C(=O)C32C)c1. The van der Waals surface area contributed by atoms with E-state index < -0.39 is 63.6 Å². The van der Waals surface area contributed by atoms with Crippen molar-refractivity contribution in [2.45, 2.75) is 32.6 Å². The Labute approximate surface area is 328 Å². The van der Waals surface area contributed by atoms with Crippen molar-refractivity contribution in [3.63, 3.8) is 0 Å². The second kappa shape index (κ2) is 12.6. The minimum Gasteiger partial charge on any atom is -0.508 e. The van der Waals surface area contributed by atoms with Crippen LogP contribution in [0.25, 0.3) is 20.7 Å². The van der Waals surface area contributed by atoms with Crippen molar-refractivity contribution in [2.75, 3.05) is 16.9 Å². The molecule has 5 aromatic rings. The van der Waals surface area contributed by atoms with Gasteiger partial charge in [-0.05, 0) is 86.0 Å². The Balaban J connectivity index is 1.16. The average molecular weight is 792 g/mol. The molecule has 1 saturated carbocycles. The number of amides is 4. The number of fused-ring (bicyclic) bond motifs is 5. The molecule has 9 rings (SSSR count). The molecule has 4 amide bonds. The van der Waals surface area contributed by atoms with Gasteiger partial charge in [-0.25, -0.2) is 9.80 Å². The molecule has 6 atom stereocenters. The smallest absolute Gasteiger partial charge is 0.271 e. The Morgan fingerprint density at radius 2 is 1.79 bits per heavy atom. The number of halogens is 1. The molecular formula is C41H34ClN5O8S. The number of benzene rings is 3. The van der Waals surface area contributed by atoms with E-state index in [9.17, 15) is 29.6 Å². The van der Waals surface area contributed by atoms with Crippen LogP contribution in [0.2, 0.25) is 5.02 Å². The predicted octanol–water partition coefficient (Wildman–Crippen LogP) is 7.32. The van der Waals surface area contributed by atoms with E-state index in [1.807, 2.05) is 31.2 Å². The van der Waals surface area contributed by atoms with Crippen molar-refractivity contribution in [3.05, 3.63) is 105 Å². The molecule has 0 bridgehead atoms. The van der Waals surface area contributed by atoms with Gasteiger partial charge in [0.1, 0.15) is 23.0 Å². The summed E-state index contributed by atoms with van der Waals surface area (Å²) in [5.74, 6) is -5.63. The molecule has 2 aromatic heterocycles. The first kappa shape index (κ1) is 35.8. The van der Waals surface area contributed by atoms with Gasteiger partial charge in [-0.1, -0.05) is 29.3 Å². The van der Waals surface area contributed by atoms with E-state index >= 15 is 4.79 Å². The third-order valence-corrected chi connectivity index (χ3v) is 13.9. The van der Waals surface area contributed by atoms with E-state index in [0.29, 0.717) is 27.6 Å². The molecular weight excluding hydrogens is 758 g/mol. The molecule has 13 nitrogen and oxygen atoms in total. The molecule has 3 aromatic carbocycles. The lowest BCUT2D eigenvalue weighted by Gasteiger charge is -2.49. The zero-order chi connectivity index (χ0) is 39.5. The Kier molecular flexibility index (Phi) is 8.05. The fraction of sp³-hybridized carbons (Fsp3) is 0.293. The van der Waals surface area contributed by atoms with Gasteiger partial charge in [0.15, 0.2) is 0 Å². The Morgan fingerprint density at radius 3 is 2.54 bits per heavy atom. The number of thiophene rings is 1. The summed E-state index contributed by atoms with van der Waals surface area (Å²) in [6.45, 7) is 3.71. The monoisotopic (exact) mass is 791 g/mol. The standard InChI is InChI=1S/C41H34ClN5O8S/c1-19-26-14-20(42)8-13-32(26)56-36(19)30-18-33(44(3)43-30)46-38(50)29-17-27-24(35(41(29,2)40(46)52)28-16-23(55-4)9-12-31(28)48)10-11-25-34(27)39(51)45(37(25)49)21-6-5-7-22(15-21)47(53)54/h5-10,12-16,18,25,27,29,34-35,48H,11,17H2,1-4H3. The molecule has 2 aliphatic carbocycles. The summed E-state index contributed by atoms with van der Waals surface area (Å²) in [4.78, 5) is 72.6. The van der Waals surface area contributed by atoms with E-state index in [1.165, 1.54) is 58.4 Å². The van der Waals surface area contributed by atoms with E-state index in [0.717, 1.165) is 25.4 Å². The number of nitro groups is 1. The molecule has 2 saturated heterocycles. The minimum atomic E-state index is -1.43. The average Bonchev–Trinajstić information content (AvgIpc) is 3.85. The highest BCUT2D eigenvalue weighted by atomic mass is 35.5. The third-order valence-electron chi connectivity index (χ3n) is 12.3. The van der Waals surface area contributed by atoms with Gasteiger partial charge in [0.2, 0.25) is 23.6 Å². The Hall–Kier alpha value is -5.86. The van der Waals surface area contributed by atoms with Gasteiger partial charge in [0.25, 0.3) is 5.69 Å². The van der Waals surface area contributed by atoms with Gasteiger partial charge < -0.3 is 9.84 Å². The number of nitrogens with zero attached hydrogens (tertiary/aromatic N) is 5. The van der Waals surface area contributed by atoms with Crippen LogP contribution in [0, 0.1) is 46.1 Å². The topological polar surface area (TPSA) is 165 Å². The van der Waals surface area contributed by atoms with Gasteiger partial charge >= 0.3 is 0 Å². The summed E-state index contributed by atoms with van der Waals surface area (Å²) in [5.41, 5.74) is 0.960. The second-order valence-electron chi connectivity index (χ2n) is 15.1. The zero-order valence-corrected chi connectivity index (χ0v) is 32.1. The summed E-state index contributed by atoms with van der Waals surface area (Å²) in [7, 11) is 3.16. The van der Waals surface area contributed by atoms with Crippen molar-refractivity contribution in [3.8, 4) is 22.1 Å². The van der Waals surface area contributed by atoms with Crippen LogP contribution in [-0.4, -0.2) is 50.5 Å². The first-order valence-corrected chi connectivity index (χ1v) is 19.2. The first-order chi connectivity index (χ1) is 26.7. The number of aryl methyl sites for hydroxylation is 2. The van der Waals surface area contributed by atoms with Crippen LogP contribution in [0.15, 0.2) is 78.4 Å². The number of phenols is 1. The molecule has 56 heavy (non-hydrogen) atoms. The highest BCUT2D eigenvalue weighted by molar-refractivity contribution is 7.22. The summed E-state index contributed by atoms with van der Waals surface area (Å²) < 4.78 is 8.07. The van der Waals surface area contributed by atoms with Crippen LogP contribution in [-0.2, 0) is 26.2 Å². The van der Waals surface area contributed by atoms with Crippen LogP contribution in [0.3, 0.4) is 0 Å². The number of carbonyl (C=O) groups excluding carboxylic acids is 4. The Morgan fingerprint density at radius 1 is 1.00 bits per heavy atom. The molecule has 0 radical (unpaired) electrons. The van der Waals surface area contributed by atoms with E-state index in [-0.39, 0.29) is 35.8 Å². The molecule has 6 unspecified atom stereocenters. The third kappa shape index (κ3) is 4.94. The van der Waals surface area contributed by atoms with E-state index in [1.54, 1.807) is 32.2 Å². The van der Waals surface area contributed by atoms with Crippen molar-refractivity contribution in [1.82, 2.24) is 9.78 Å². The maximum Gasteiger partial charge on any atom is 0.271 e. The van der Waals surface area contributed by atoms with Gasteiger partial charge in [-0.15, -0.1) is 11.3 Å². The van der Waals surface area contributed by atoms with Crippen molar-refractivity contribution >= 4 is 73.8 Å². The van der Waals surface area contributed by atoms with Gasteiger partial charge in [-0.2, -0.15) is 5.10 Å². The normalized spacial score (nSPS) is 25.7. The zero-order valence-electron chi connectivity index (χ0n) is 30.6. The first-order valence-electron chi connectivity index (χ1n) is 18.0. The lowest BCUT2D eigenvalue weighted by atomic mass is 9.51. The molecule has 1 N–H and O–H groups in total. The summed E-state index contributed by atoms with van der Waals surface area (Å²) in [6, 6.07) is 17.5. The number of hydrogen-bond donors (Lipinski definition) is 1. The molecule has 0 spiro atoms. The number of allylic oxidation sites excluding steroid dienone is 2. The summed E-state index contributed by atoms with van der Waals surface area (Å²) >= 11 is 7.84. The molecule has 2 aliphatic heterocycles. The summed E-state index contributed by atoms with van der Waals surface area (Å²) in [5, 5.41) is 29.4. The van der Waals surface area contributed by atoms with Crippen LogP contribution in [0.5, 0.6) is 11.5 Å². The van der Waals surface area contributed by atoms with Gasteiger partial charge in [0.05, 0.1) is 45.8 Å². The van der Waals surface area contributed by atoms with Crippen LogP contribution >= 0.6 is 22.9 Å². The van der Waals surface area contributed by atoms with E-state index in [2.05, 4.69) is 0 Å². The van der Waals surface area contributed by atoms with Crippen LogP contribution in [0.4, 0.5) is 17.2 Å². The van der Waals surface area contributed by atoms with E-state index in [4.69, 9.17) is 21.4 Å². The lowest BCUT2D eigenvalue weighted by molar-refractivity contribution is -0.384. The van der Waals surface area contributed by atoms with Crippen LogP contribution in [0.1, 0.15) is 36.8 Å². The number of non-ortho nitro benzene ring substituents is 1. The molecule has 3 fully saturated rings.